The van der Waals surface area contributed by atoms with E-state index in [1.165, 1.54) is 25.7 Å². The fourth-order valence-corrected chi connectivity index (χ4v) is 3.02. The molecular weight excluding hydrogens is 214 g/mol. The fraction of sp³-hybridized carbons (Fsp3) is 0.769. The Kier molecular flexibility index (Phi) is 3.16. The van der Waals surface area contributed by atoms with Crippen LogP contribution in [0.3, 0.4) is 0 Å². The third-order valence-electron chi connectivity index (χ3n) is 4.00. The number of aliphatic hydroxyl groups is 1. The monoisotopic (exact) mass is 235 g/mol. The highest BCUT2D eigenvalue weighted by Crippen LogP contribution is 2.28. The Balaban J connectivity index is 1.60. The summed E-state index contributed by atoms with van der Waals surface area (Å²) in [5.74, 6) is 0. The predicted octanol–water partition coefficient (Wildman–Crippen LogP) is 1.56. The SMILES string of the molecule is OC1CCN(Cc2ccn(C3CCCC3)n2)C1. The van der Waals surface area contributed by atoms with Gasteiger partial charge in [0.2, 0.25) is 0 Å². The first-order valence-corrected chi connectivity index (χ1v) is 6.76. The van der Waals surface area contributed by atoms with Gasteiger partial charge in [-0.15, -0.1) is 0 Å². The molecule has 1 aromatic heterocycles. The Morgan fingerprint density at radius 2 is 2.12 bits per heavy atom. The number of hydrogen-bond donors (Lipinski definition) is 1. The van der Waals surface area contributed by atoms with Crippen molar-refractivity contribution in [3.63, 3.8) is 0 Å². The molecule has 1 aliphatic heterocycles. The Bertz CT molecular complexity index is 370. The van der Waals surface area contributed by atoms with Crippen LogP contribution in [0.5, 0.6) is 0 Å². The lowest BCUT2D eigenvalue weighted by Gasteiger charge is -2.13. The highest BCUT2D eigenvalue weighted by molar-refractivity contribution is 5.01. The van der Waals surface area contributed by atoms with Crippen LogP contribution in [0.25, 0.3) is 0 Å². The van der Waals surface area contributed by atoms with Gasteiger partial charge in [0.1, 0.15) is 0 Å². The summed E-state index contributed by atoms with van der Waals surface area (Å²) in [7, 11) is 0. The second-order valence-electron chi connectivity index (χ2n) is 5.40. The molecule has 17 heavy (non-hydrogen) atoms. The molecule has 1 unspecified atom stereocenters. The van der Waals surface area contributed by atoms with Crippen molar-refractivity contribution in [2.75, 3.05) is 13.1 Å². The number of β-amino-alcohol motifs (C(OH)–C–C–N with tert-alkyl or cyclic N) is 1. The van der Waals surface area contributed by atoms with Crippen molar-refractivity contribution in [1.82, 2.24) is 14.7 Å². The van der Waals surface area contributed by atoms with Gasteiger partial charge in [-0.05, 0) is 25.3 Å². The Morgan fingerprint density at radius 1 is 1.29 bits per heavy atom. The van der Waals surface area contributed by atoms with Crippen molar-refractivity contribution >= 4 is 0 Å². The molecule has 1 atom stereocenters. The van der Waals surface area contributed by atoms with Crippen molar-refractivity contribution in [1.29, 1.82) is 0 Å². The summed E-state index contributed by atoms with van der Waals surface area (Å²) in [5, 5.41) is 14.2. The molecule has 4 heteroatoms. The van der Waals surface area contributed by atoms with E-state index in [2.05, 4.69) is 26.9 Å². The van der Waals surface area contributed by atoms with Crippen molar-refractivity contribution in [2.45, 2.75) is 50.8 Å². The van der Waals surface area contributed by atoms with Crippen molar-refractivity contribution in [3.05, 3.63) is 18.0 Å². The van der Waals surface area contributed by atoms with Gasteiger partial charge in [-0.25, -0.2) is 0 Å². The van der Waals surface area contributed by atoms with Gasteiger partial charge in [-0.2, -0.15) is 5.10 Å². The topological polar surface area (TPSA) is 41.3 Å². The van der Waals surface area contributed by atoms with E-state index in [4.69, 9.17) is 0 Å². The van der Waals surface area contributed by atoms with Gasteiger partial charge in [0.05, 0.1) is 17.8 Å². The van der Waals surface area contributed by atoms with E-state index < -0.39 is 0 Å². The van der Waals surface area contributed by atoms with Crippen LogP contribution >= 0.6 is 0 Å². The largest absolute Gasteiger partial charge is 0.392 e. The molecule has 3 rings (SSSR count). The van der Waals surface area contributed by atoms with E-state index >= 15 is 0 Å². The molecule has 0 aromatic carbocycles. The molecular formula is C13H21N3O. The number of likely N-dealkylation sites (tertiary alicyclic amines) is 1. The minimum atomic E-state index is -0.132. The molecule has 2 fully saturated rings. The molecule has 1 saturated carbocycles. The molecule has 0 radical (unpaired) electrons. The van der Waals surface area contributed by atoms with Gasteiger partial charge >= 0.3 is 0 Å². The number of hydrogen-bond acceptors (Lipinski definition) is 3. The highest BCUT2D eigenvalue weighted by atomic mass is 16.3. The fourth-order valence-electron chi connectivity index (χ4n) is 3.02. The van der Waals surface area contributed by atoms with Gasteiger partial charge in [-0.1, -0.05) is 12.8 Å². The van der Waals surface area contributed by atoms with Gasteiger partial charge in [0.25, 0.3) is 0 Å². The van der Waals surface area contributed by atoms with Crippen LogP contribution in [0.4, 0.5) is 0 Å². The van der Waals surface area contributed by atoms with Crippen molar-refractivity contribution in [2.24, 2.45) is 0 Å². The summed E-state index contributed by atoms with van der Waals surface area (Å²) in [6.07, 6.45) is 8.15. The first-order valence-electron chi connectivity index (χ1n) is 6.76. The van der Waals surface area contributed by atoms with Crippen LogP contribution in [0.2, 0.25) is 0 Å². The van der Waals surface area contributed by atoms with E-state index in [0.29, 0.717) is 6.04 Å². The van der Waals surface area contributed by atoms with Crippen molar-refractivity contribution in [3.8, 4) is 0 Å². The Hall–Kier alpha value is -0.870. The van der Waals surface area contributed by atoms with Crippen LogP contribution in [-0.2, 0) is 6.54 Å². The van der Waals surface area contributed by atoms with E-state index in [1.807, 2.05) is 0 Å². The van der Waals surface area contributed by atoms with Crippen LogP contribution in [0, 0.1) is 0 Å². The minimum absolute atomic E-state index is 0.132. The second kappa shape index (κ2) is 4.78. The first-order chi connectivity index (χ1) is 8.31. The second-order valence-corrected chi connectivity index (χ2v) is 5.40. The van der Waals surface area contributed by atoms with E-state index in [1.54, 1.807) is 0 Å². The van der Waals surface area contributed by atoms with E-state index in [-0.39, 0.29) is 6.10 Å². The molecule has 0 bridgehead atoms. The van der Waals surface area contributed by atoms with Gasteiger partial charge < -0.3 is 5.11 Å². The Labute approximate surface area is 102 Å². The van der Waals surface area contributed by atoms with Gasteiger partial charge in [-0.3, -0.25) is 9.58 Å². The zero-order valence-electron chi connectivity index (χ0n) is 10.3. The lowest BCUT2D eigenvalue weighted by molar-refractivity contribution is 0.174. The number of aromatic nitrogens is 2. The Morgan fingerprint density at radius 3 is 2.82 bits per heavy atom. The summed E-state index contributed by atoms with van der Waals surface area (Å²) >= 11 is 0. The summed E-state index contributed by atoms with van der Waals surface area (Å²) in [5.41, 5.74) is 1.14. The van der Waals surface area contributed by atoms with E-state index in [0.717, 1.165) is 31.7 Å². The molecule has 1 saturated heterocycles. The van der Waals surface area contributed by atoms with Crippen LogP contribution in [0.1, 0.15) is 43.8 Å². The van der Waals surface area contributed by atoms with Crippen LogP contribution in [0.15, 0.2) is 12.3 Å². The highest BCUT2D eigenvalue weighted by Gasteiger charge is 2.22. The molecule has 2 heterocycles. The molecule has 0 spiro atoms. The summed E-state index contributed by atoms with van der Waals surface area (Å²) in [6, 6.07) is 2.76. The summed E-state index contributed by atoms with van der Waals surface area (Å²) < 4.78 is 2.15. The number of nitrogens with zero attached hydrogens (tertiary/aromatic N) is 3. The average Bonchev–Trinajstić information content (AvgIpc) is 3.00. The molecule has 0 amide bonds. The summed E-state index contributed by atoms with van der Waals surface area (Å²) in [6.45, 7) is 2.69. The standard InChI is InChI=1S/C13H21N3O/c17-13-6-7-15(10-13)9-11-5-8-16(14-11)12-3-1-2-4-12/h5,8,12-13,17H,1-4,6-7,9-10H2. The van der Waals surface area contributed by atoms with Crippen LogP contribution < -0.4 is 0 Å². The molecule has 2 aliphatic rings. The lowest BCUT2D eigenvalue weighted by Crippen LogP contribution is -2.22. The minimum Gasteiger partial charge on any atom is -0.392 e. The molecule has 1 aromatic rings. The van der Waals surface area contributed by atoms with Crippen LogP contribution in [-0.4, -0.2) is 39.0 Å². The number of rotatable bonds is 3. The third kappa shape index (κ3) is 2.53. The third-order valence-corrected chi connectivity index (χ3v) is 4.00. The molecule has 4 nitrogen and oxygen atoms in total. The zero-order chi connectivity index (χ0) is 11.7. The smallest absolute Gasteiger partial charge is 0.0764 e. The maximum absolute atomic E-state index is 9.49. The van der Waals surface area contributed by atoms with Crippen molar-refractivity contribution < 1.29 is 5.11 Å². The zero-order valence-corrected chi connectivity index (χ0v) is 10.3. The molecule has 1 aliphatic carbocycles. The van der Waals surface area contributed by atoms with Gasteiger partial charge in [0, 0.05) is 25.8 Å². The quantitative estimate of drug-likeness (QED) is 0.864. The molecule has 1 N–H and O–H groups in total. The average molecular weight is 235 g/mol. The van der Waals surface area contributed by atoms with E-state index in [9.17, 15) is 5.11 Å². The number of aliphatic hydroxyl groups excluding tert-OH is 1. The first kappa shape index (κ1) is 11.2. The predicted molar refractivity (Wildman–Crippen MR) is 65.6 cm³/mol. The maximum atomic E-state index is 9.49. The lowest BCUT2D eigenvalue weighted by atomic mass is 10.3. The normalized spacial score (nSPS) is 27.0. The maximum Gasteiger partial charge on any atom is 0.0764 e. The molecule has 94 valence electrons. The summed E-state index contributed by atoms with van der Waals surface area (Å²) in [4.78, 5) is 2.28. The van der Waals surface area contributed by atoms with Gasteiger partial charge in [0.15, 0.2) is 0 Å².